The number of methoxy groups -OCH3 is 2. The highest BCUT2D eigenvalue weighted by Crippen LogP contribution is 2.31. The van der Waals surface area contributed by atoms with E-state index in [-0.39, 0.29) is 5.91 Å². The van der Waals surface area contributed by atoms with Crippen molar-refractivity contribution in [2.75, 3.05) is 19.5 Å². The van der Waals surface area contributed by atoms with E-state index < -0.39 is 0 Å². The van der Waals surface area contributed by atoms with Crippen molar-refractivity contribution in [3.63, 3.8) is 0 Å². The fraction of sp³-hybridized carbons (Fsp3) is 0.136. The number of para-hydroxylation sites is 2. The summed E-state index contributed by atoms with van der Waals surface area (Å²) in [5.41, 5.74) is 1.63. The van der Waals surface area contributed by atoms with Crippen LogP contribution in [0.4, 0.5) is 5.69 Å². The fourth-order valence-corrected chi connectivity index (χ4v) is 2.57. The van der Waals surface area contributed by atoms with Crippen LogP contribution >= 0.6 is 0 Å². The van der Waals surface area contributed by atoms with Crippen LogP contribution in [0.3, 0.4) is 0 Å². The lowest BCUT2D eigenvalue weighted by atomic mass is 10.1. The van der Waals surface area contributed by atoms with E-state index >= 15 is 0 Å². The first-order chi connectivity index (χ1) is 13.2. The molecule has 0 saturated heterocycles. The molecule has 3 aromatic rings. The topological polar surface area (TPSA) is 56.8 Å². The van der Waals surface area contributed by atoms with Crippen LogP contribution in [0.1, 0.15) is 5.56 Å². The molecule has 1 amide bonds. The molecule has 27 heavy (non-hydrogen) atoms. The van der Waals surface area contributed by atoms with Crippen molar-refractivity contribution in [2.24, 2.45) is 0 Å². The first-order valence-corrected chi connectivity index (χ1v) is 8.51. The zero-order valence-corrected chi connectivity index (χ0v) is 15.3. The van der Waals surface area contributed by atoms with Gasteiger partial charge in [-0.15, -0.1) is 0 Å². The summed E-state index contributed by atoms with van der Waals surface area (Å²) < 4.78 is 16.2. The van der Waals surface area contributed by atoms with Gasteiger partial charge in [0.25, 0.3) is 0 Å². The zero-order chi connectivity index (χ0) is 19.1. The monoisotopic (exact) mass is 363 g/mol. The summed E-state index contributed by atoms with van der Waals surface area (Å²) >= 11 is 0. The highest BCUT2D eigenvalue weighted by molar-refractivity contribution is 5.92. The Balaban J connectivity index is 1.59. The maximum atomic E-state index is 12.2. The van der Waals surface area contributed by atoms with Gasteiger partial charge in [-0.25, -0.2) is 0 Å². The van der Waals surface area contributed by atoms with Crippen LogP contribution in [0.15, 0.2) is 72.8 Å². The van der Waals surface area contributed by atoms with E-state index in [4.69, 9.17) is 14.2 Å². The number of amides is 1. The maximum absolute atomic E-state index is 12.2. The molecule has 0 aromatic heterocycles. The van der Waals surface area contributed by atoms with Gasteiger partial charge in [-0.05, 0) is 54.1 Å². The van der Waals surface area contributed by atoms with Crippen molar-refractivity contribution in [3.05, 3.63) is 78.4 Å². The molecule has 1 N–H and O–H groups in total. The summed E-state index contributed by atoms with van der Waals surface area (Å²) in [6.45, 7) is 0. The van der Waals surface area contributed by atoms with Crippen molar-refractivity contribution in [3.8, 4) is 23.0 Å². The molecule has 138 valence electrons. The van der Waals surface area contributed by atoms with Crippen LogP contribution < -0.4 is 19.5 Å². The highest BCUT2D eigenvalue weighted by Gasteiger charge is 2.07. The number of ether oxygens (including phenoxy) is 3. The molecule has 0 fully saturated rings. The van der Waals surface area contributed by atoms with E-state index in [2.05, 4.69) is 5.32 Å². The first kappa shape index (κ1) is 18.3. The number of hydrogen-bond acceptors (Lipinski definition) is 4. The van der Waals surface area contributed by atoms with E-state index in [1.165, 1.54) is 0 Å². The predicted molar refractivity (Wildman–Crippen MR) is 105 cm³/mol. The molecule has 0 spiro atoms. The normalized spacial score (nSPS) is 10.1. The molecule has 0 heterocycles. The van der Waals surface area contributed by atoms with Crippen LogP contribution in [0.25, 0.3) is 0 Å². The van der Waals surface area contributed by atoms with Gasteiger partial charge in [0.05, 0.1) is 20.6 Å². The lowest BCUT2D eigenvalue weighted by Gasteiger charge is -2.11. The molecular weight excluding hydrogens is 342 g/mol. The summed E-state index contributed by atoms with van der Waals surface area (Å²) in [7, 11) is 3.21. The molecule has 0 unspecified atom stereocenters. The average molecular weight is 363 g/mol. The molecule has 0 radical (unpaired) electrons. The van der Waals surface area contributed by atoms with Gasteiger partial charge < -0.3 is 19.5 Å². The summed E-state index contributed by atoms with van der Waals surface area (Å²) in [5.74, 6) is 2.64. The van der Waals surface area contributed by atoms with Gasteiger partial charge in [0.1, 0.15) is 11.5 Å². The van der Waals surface area contributed by atoms with Crippen LogP contribution in [0.2, 0.25) is 0 Å². The minimum atomic E-state index is -0.0847. The van der Waals surface area contributed by atoms with Crippen LogP contribution in [0, 0.1) is 0 Å². The summed E-state index contributed by atoms with van der Waals surface area (Å²) in [5, 5.41) is 2.88. The molecule has 0 aliphatic rings. The number of rotatable bonds is 7. The first-order valence-electron chi connectivity index (χ1n) is 8.51. The van der Waals surface area contributed by atoms with Crippen LogP contribution in [-0.2, 0) is 11.2 Å². The Hall–Kier alpha value is -3.47. The number of anilines is 1. The second-order valence-electron chi connectivity index (χ2n) is 5.85. The standard InChI is InChI=1S/C22H21NO4/c1-25-18-11-7-16(8-12-18)15-22(24)23-17-9-13-19(14-10-17)27-21-6-4-3-5-20(21)26-2/h3-14H,15H2,1-2H3,(H,23,24). The molecule has 0 atom stereocenters. The Morgan fingerprint density at radius 1 is 0.778 bits per heavy atom. The van der Waals surface area contributed by atoms with E-state index in [0.29, 0.717) is 29.4 Å². The molecule has 0 bridgehead atoms. The highest BCUT2D eigenvalue weighted by atomic mass is 16.5. The third-order valence-electron chi connectivity index (χ3n) is 3.96. The quantitative estimate of drug-likeness (QED) is 0.662. The molecule has 0 aliphatic heterocycles. The van der Waals surface area contributed by atoms with Gasteiger partial charge in [0.15, 0.2) is 11.5 Å². The number of benzene rings is 3. The van der Waals surface area contributed by atoms with Crippen molar-refractivity contribution in [2.45, 2.75) is 6.42 Å². The molecule has 5 heteroatoms. The minimum absolute atomic E-state index is 0.0847. The molecule has 3 rings (SSSR count). The molecule has 0 aliphatic carbocycles. The molecule has 3 aromatic carbocycles. The molecule has 0 saturated carbocycles. The van der Waals surface area contributed by atoms with Gasteiger partial charge in [-0.1, -0.05) is 24.3 Å². The van der Waals surface area contributed by atoms with E-state index in [1.807, 2.05) is 48.5 Å². The third kappa shape index (κ3) is 5.01. The summed E-state index contributed by atoms with van der Waals surface area (Å²) in [6.07, 6.45) is 0.295. The third-order valence-corrected chi connectivity index (χ3v) is 3.96. The Morgan fingerprint density at radius 2 is 1.41 bits per heavy atom. The van der Waals surface area contributed by atoms with E-state index in [0.717, 1.165) is 11.3 Å². The maximum Gasteiger partial charge on any atom is 0.228 e. The van der Waals surface area contributed by atoms with Crippen molar-refractivity contribution < 1.29 is 19.0 Å². The van der Waals surface area contributed by atoms with E-state index in [9.17, 15) is 4.79 Å². The zero-order valence-electron chi connectivity index (χ0n) is 15.3. The Kier molecular flexibility index (Phi) is 5.94. The number of nitrogens with one attached hydrogen (secondary N) is 1. The van der Waals surface area contributed by atoms with Crippen molar-refractivity contribution >= 4 is 11.6 Å². The van der Waals surface area contributed by atoms with Crippen molar-refractivity contribution in [1.82, 2.24) is 0 Å². The number of carbonyl (C=O) groups is 1. The fourth-order valence-electron chi connectivity index (χ4n) is 2.57. The van der Waals surface area contributed by atoms with Crippen molar-refractivity contribution in [1.29, 1.82) is 0 Å². The van der Waals surface area contributed by atoms with Gasteiger partial charge in [0.2, 0.25) is 5.91 Å². The van der Waals surface area contributed by atoms with Gasteiger partial charge >= 0.3 is 0 Å². The Bertz CT molecular complexity index is 889. The second-order valence-corrected chi connectivity index (χ2v) is 5.85. The smallest absolute Gasteiger partial charge is 0.228 e. The Labute approximate surface area is 158 Å². The van der Waals surface area contributed by atoms with Gasteiger partial charge in [-0.3, -0.25) is 4.79 Å². The number of hydrogen-bond donors (Lipinski definition) is 1. The van der Waals surface area contributed by atoms with Crippen LogP contribution in [0.5, 0.6) is 23.0 Å². The SMILES string of the molecule is COc1ccc(CC(=O)Nc2ccc(Oc3ccccc3OC)cc2)cc1. The van der Waals surface area contributed by atoms with Crippen LogP contribution in [-0.4, -0.2) is 20.1 Å². The van der Waals surface area contributed by atoms with Gasteiger partial charge in [0, 0.05) is 5.69 Å². The average Bonchev–Trinajstić information content (AvgIpc) is 2.70. The summed E-state index contributed by atoms with van der Waals surface area (Å²) in [6, 6.07) is 22.1. The lowest BCUT2D eigenvalue weighted by molar-refractivity contribution is -0.115. The molecule has 5 nitrogen and oxygen atoms in total. The number of carbonyl (C=O) groups excluding carboxylic acids is 1. The van der Waals surface area contributed by atoms with Gasteiger partial charge in [-0.2, -0.15) is 0 Å². The second kappa shape index (κ2) is 8.76. The predicted octanol–water partition coefficient (Wildman–Crippen LogP) is 4.68. The molecular formula is C22H21NO4. The summed E-state index contributed by atoms with van der Waals surface area (Å²) in [4.78, 5) is 12.2. The lowest BCUT2D eigenvalue weighted by Crippen LogP contribution is -2.14. The largest absolute Gasteiger partial charge is 0.497 e. The van der Waals surface area contributed by atoms with E-state index in [1.54, 1.807) is 38.5 Å². The minimum Gasteiger partial charge on any atom is -0.497 e. The Morgan fingerprint density at radius 3 is 2.04 bits per heavy atom.